The monoisotopic (exact) mass is 283 g/mol. The van der Waals surface area contributed by atoms with Crippen LogP contribution < -0.4 is 16.8 Å². The van der Waals surface area contributed by atoms with E-state index >= 15 is 0 Å². The Kier molecular flexibility index (Phi) is 6.08. The van der Waals surface area contributed by atoms with Crippen molar-refractivity contribution in [3.8, 4) is 17.2 Å². The molecule has 0 aromatic heterocycles. The van der Waals surface area contributed by atoms with Gasteiger partial charge in [-0.2, -0.15) is 0 Å². The molecule has 0 spiro atoms. The number of amides is 1. The minimum absolute atomic E-state index is 0.0169. The normalized spacial score (nSPS) is 12.1. The first-order chi connectivity index (χ1) is 9.45. The molecule has 0 heterocycles. The van der Waals surface area contributed by atoms with Crippen molar-refractivity contribution in [1.82, 2.24) is 5.32 Å². The van der Waals surface area contributed by atoms with Crippen LogP contribution in [0.3, 0.4) is 0 Å². The Labute approximate surface area is 117 Å². The van der Waals surface area contributed by atoms with E-state index < -0.39 is 23.2 Å². The number of carbonyl (C=O) groups is 1. The van der Waals surface area contributed by atoms with E-state index in [-0.39, 0.29) is 11.6 Å². The summed E-state index contributed by atoms with van der Waals surface area (Å²) in [5, 5.41) is 30.5. The standard InChI is InChI=1S/C13H21N3O4/c14-7-9(15)3-1-2-4-16-13(20)8-5-10(17)12(19)11(18)6-8/h5-6,9,17-19H,1-4,7,14-15H2,(H,16,20). The Morgan fingerprint density at radius 2 is 1.80 bits per heavy atom. The molecule has 0 radical (unpaired) electrons. The topological polar surface area (TPSA) is 142 Å². The molecule has 1 aromatic carbocycles. The third kappa shape index (κ3) is 4.60. The quantitative estimate of drug-likeness (QED) is 0.307. The average molecular weight is 283 g/mol. The van der Waals surface area contributed by atoms with E-state index in [1.807, 2.05) is 0 Å². The van der Waals surface area contributed by atoms with Crippen molar-refractivity contribution in [3.05, 3.63) is 17.7 Å². The van der Waals surface area contributed by atoms with Gasteiger partial charge in [0.15, 0.2) is 17.2 Å². The highest BCUT2D eigenvalue weighted by atomic mass is 16.3. The highest BCUT2D eigenvalue weighted by Crippen LogP contribution is 2.35. The van der Waals surface area contributed by atoms with Crippen LogP contribution in [0.25, 0.3) is 0 Å². The van der Waals surface area contributed by atoms with Crippen molar-refractivity contribution in [2.24, 2.45) is 11.5 Å². The number of hydrogen-bond acceptors (Lipinski definition) is 6. The maximum atomic E-state index is 11.8. The molecule has 0 aliphatic heterocycles. The molecule has 0 bridgehead atoms. The number of carbonyl (C=O) groups excluding carboxylic acids is 1. The van der Waals surface area contributed by atoms with Crippen molar-refractivity contribution in [2.45, 2.75) is 25.3 Å². The van der Waals surface area contributed by atoms with Crippen LogP contribution in [0.15, 0.2) is 12.1 Å². The van der Waals surface area contributed by atoms with Crippen molar-refractivity contribution in [1.29, 1.82) is 0 Å². The number of unbranched alkanes of at least 4 members (excludes halogenated alkanes) is 1. The number of rotatable bonds is 7. The zero-order valence-electron chi connectivity index (χ0n) is 11.2. The van der Waals surface area contributed by atoms with Crippen LogP contribution in [0.4, 0.5) is 0 Å². The van der Waals surface area contributed by atoms with Gasteiger partial charge in [-0.25, -0.2) is 0 Å². The average Bonchev–Trinajstić information content (AvgIpc) is 2.43. The zero-order valence-corrected chi connectivity index (χ0v) is 11.2. The van der Waals surface area contributed by atoms with Gasteiger partial charge in [-0.15, -0.1) is 0 Å². The number of benzene rings is 1. The summed E-state index contributed by atoms with van der Waals surface area (Å²) in [5.41, 5.74) is 11.1. The summed E-state index contributed by atoms with van der Waals surface area (Å²) >= 11 is 0. The number of phenolic OH excluding ortho intramolecular Hbond substituents is 3. The highest BCUT2D eigenvalue weighted by molar-refractivity contribution is 5.95. The fraction of sp³-hybridized carbons (Fsp3) is 0.462. The lowest BCUT2D eigenvalue weighted by Gasteiger charge is -2.09. The van der Waals surface area contributed by atoms with E-state index in [2.05, 4.69) is 5.32 Å². The fourth-order valence-electron chi connectivity index (χ4n) is 1.69. The van der Waals surface area contributed by atoms with Crippen LogP contribution in [-0.2, 0) is 0 Å². The van der Waals surface area contributed by atoms with Crippen molar-refractivity contribution < 1.29 is 20.1 Å². The van der Waals surface area contributed by atoms with E-state index in [4.69, 9.17) is 11.5 Å². The van der Waals surface area contributed by atoms with Gasteiger partial charge in [-0.3, -0.25) is 4.79 Å². The molecule has 0 saturated heterocycles. The SMILES string of the molecule is NCC(N)CCCCNC(=O)c1cc(O)c(O)c(O)c1. The molecule has 1 unspecified atom stereocenters. The maximum Gasteiger partial charge on any atom is 0.251 e. The maximum absolute atomic E-state index is 11.8. The molecule has 7 heteroatoms. The van der Waals surface area contributed by atoms with Crippen molar-refractivity contribution in [2.75, 3.05) is 13.1 Å². The van der Waals surface area contributed by atoms with Gasteiger partial charge in [0.05, 0.1) is 0 Å². The molecular formula is C13H21N3O4. The van der Waals surface area contributed by atoms with Gasteiger partial charge >= 0.3 is 0 Å². The molecule has 1 aromatic rings. The van der Waals surface area contributed by atoms with E-state index in [0.29, 0.717) is 13.1 Å². The summed E-state index contributed by atoms with van der Waals surface area (Å²) in [5.74, 6) is -2.15. The molecule has 0 aliphatic carbocycles. The molecule has 1 amide bonds. The summed E-state index contributed by atoms with van der Waals surface area (Å²) < 4.78 is 0. The van der Waals surface area contributed by atoms with E-state index in [1.54, 1.807) is 0 Å². The van der Waals surface area contributed by atoms with E-state index in [1.165, 1.54) is 0 Å². The van der Waals surface area contributed by atoms with Gasteiger partial charge < -0.3 is 32.1 Å². The smallest absolute Gasteiger partial charge is 0.251 e. The first kappa shape index (κ1) is 16.1. The summed E-state index contributed by atoms with van der Waals surface area (Å²) in [6.45, 7) is 0.900. The third-order valence-electron chi connectivity index (χ3n) is 2.92. The largest absolute Gasteiger partial charge is 0.504 e. The van der Waals surface area contributed by atoms with Crippen LogP contribution in [0.5, 0.6) is 17.2 Å². The molecule has 1 atom stereocenters. The number of nitrogens with one attached hydrogen (secondary N) is 1. The van der Waals surface area contributed by atoms with Crippen LogP contribution in [0.2, 0.25) is 0 Å². The third-order valence-corrected chi connectivity index (χ3v) is 2.92. The second-order valence-corrected chi connectivity index (χ2v) is 4.61. The summed E-state index contributed by atoms with van der Waals surface area (Å²) in [6.07, 6.45) is 2.41. The minimum Gasteiger partial charge on any atom is -0.504 e. The second kappa shape index (κ2) is 7.56. The van der Waals surface area contributed by atoms with E-state index in [0.717, 1.165) is 31.4 Å². The van der Waals surface area contributed by atoms with Crippen LogP contribution >= 0.6 is 0 Å². The highest BCUT2D eigenvalue weighted by Gasteiger charge is 2.13. The Balaban J connectivity index is 2.40. The van der Waals surface area contributed by atoms with E-state index in [9.17, 15) is 20.1 Å². The van der Waals surface area contributed by atoms with Crippen molar-refractivity contribution >= 4 is 5.91 Å². The summed E-state index contributed by atoms with van der Waals surface area (Å²) in [6, 6.07) is 2.17. The molecule has 112 valence electrons. The predicted molar refractivity (Wildman–Crippen MR) is 74.7 cm³/mol. The second-order valence-electron chi connectivity index (χ2n) is 4.61. The zero-order chi connectivity index (χ0) is 15.1. The molecule has 0 saturated carbocycles. The number of hydrogen-bond donors (Lipinski definition) is 6. The Morgan fingerprint density at radius 3 is 2.35 bits per heavy atom. The van der Waals surface area contributed by atoms with Gasteiger partial charge in [-0.1, -0.05) is 6.42 Å². The lowest BCUT2D eigenvalue weighted by molar-refractivity contribution is 0.0952. The van der Waals surface area contributed by atoms with Gasteiger partial charge in [-0.05, 0) is 25.0 Å². The predicted octanol–water partition coefficient (Wildman–Crippen LogP) is -0.0105. The molecular weight excluding hydrogens is 262 g/mol. The van der Waals surface area contributed by atoms with Gasteiger partial charge in [0.1, 0.15) is 0 Å². The van der Waals surface area contributed by atoms with Crippen LogP contribution in [-0.4, -0.2) is 40.4 Å². The molecule has 0 aliphatic rings. The molecule has 1 rings (SSSR count). The molecule has 8 N–H and O–H groups in total. The lowest BCUT2D eigenvalue weighted by atomic mass is 10.1. The summed E-state index contributed by atoms with van der Waals surface area (Å²) in [4.78, 5) is 11.8. The fourth-order valence-corrected chi connectivity index (χ4v) is 1.69. The van der Waals surface area contributed by atoms with Crippen molar-refractivity contribution in [3.63, 3.8) is 0 Å². The number of nitrogens with two attached hydrogens (primary N) is 2. The van der Waals surface area contributed by atoms with Gasteiger partial charge in [0.25, 0.3) is 5.91 Å². The lowest BCUT2D eigenvalue weighted by Crippen LogP contribution is -2.30. The molecule has 7 nitrogen and oxygen atoms in total. The number of phenols is 3. The van der Waals surface area contributed by atoms with Gasteiger partial charge in [0, 0.05) is 24.7 Å². The van der Waals surface area contributed by atoms with Gasteiger partial charge in [0.2, 0.25) is 0 Å². The van der Waals surface area contributed by atoms with Crippen LogP contribution in [0, 0.1) is 0 Å². The first-order valence-electron chi connectivity index (χ1n) is 6.44. The molecule has 0 fully saturated rings. The minimum atomic E-state index is -0.641. The number of aromatic hydroxyl groups is 3. The Morgan fingerprint density at radius 1 is 1.20 bits per heavy atom. The Hall–Kier alpha value is -1.99. The van der Waals surface area contributed by atoms with Crippen LogP contribution in [0.1, 0.15) is 29.6 Å². The Bertz CT molecular complexity index is 442. The summed E-state index contributed by atoms with van der Waals surface area (Å²) in [7, 11) is 0. The molecule has 20 heavy (non-hydrogen) atoms. The first-order valence-corrected chi connectivity index (χ1v) is 6.44.